The Kier molecular flexibility index (Phi) is 7.04. The SMILES string of the molecule is CCNCC(Cc1ccc(OC)cc1)CC1CCOCC1. The lowest BCUT2D eigenvalue weighted by Gasteiger charge is -2.27. The van der Waals surface area contributed by atoms with E-state index in [9.17, 15) is 0 Å². The van der Waals surface area contributed by atoms with Gasteiger partial charge in [-0.25, -0.2) is 0 Å². The smallest absolute Gasteiger partial charge is 0.118 e. The van der Waals surface area contributed by atoms with Gasteiger partial charge < -0.3 is 14.8 Å². The van der Waals surface area contributed by atoms with Crippen molar-refractivity contribution < 1.29 is 9.47 Å². The van der Waals surface area contributed by atoms with Crippen LogP contribution in [0.25, 0.3) is 0 Å². The van der Waals surface area contributed by atoms with Gasteiger partial charge in [0.2, 0.25) is 0 Å². The van der Waals surface area contributed by atoms with E-state index in [1.165, 1.54) is 24.8 Å². The molecule has 0 saturated carbocycles. The highest BCUT2D eigenvalue weighted by molar-refractivity contribution is 5.27. The Morgan fingerprint density at radius 2 is 1.95 bits per heavy atom. The predicted octanol–water partition coefficient (Wildman–Crippen LogP) is 3.28. The van der Waals surface area contributed by atoms with Gasteiger partial charge >= 0.3 is 0 Å². The molecular formula is C18H29NO2. The highest BCUT2D eigenvalue weighted by Gasteiger charge is 2.19. The molecule has 1 heterocycles. The van der Waals surface area contributed by atoms with E-state index in [0.717, 1.165) is 44.4 Å². The first-order valence-corrected chi connectivity index (χ1v) is 8.23. The van der Waals surface area contributed by atoms with Crippen molar-refractivity contribution in [3.05, 3.63) is 29.8 Å². The van der Waals surface area contributed by atoms with Gasteiger partial charge in [-0.05, 0) is 68.3 Å². The Labute approximate surface area is 129 Å². The van der Waals surface area contributed by atoms with Gasteiger partial charge in [-0.15, -0.1) is 0 Å². The second-order valence-corrected chi connectivity index (χ2v) is 6.02. The molecule has 1 aromatic carbocycles. The van der Waals surface area contributed by atoms with Crippen LogP contribution >= 0.6 is 0 Å². The number of ether oxygens (including phenoxy) is 2. The maximum atomic E-state index is 5.48. The monoisotopic (exact) mass is 291 g/mol. The molecule has 1 aromatic rings. The molecule has 3 nitrogen and oxygen atoms in total. The van der Waals surface area contributed by atoms with Gasteiger partial charge in [-0.3, -0.25) is 0 Å². The van der Waals surface area contributed by atoms with Gasteiger partial charge in [0, 0.05) is 13.2 Å². The van der Waals surface area contributed by atoms with Crippen LogP contribution < -0.4 is 10.1 Å². The minimum atomic E-state index is 0.710. The quantitative estimate of drug-likeness (QED) is 0.797. The van der Waals surface area contributed by atoms with E-state index in [1.807, 2.05) is 0 Å². The first-order chi connectivity index (χ1) is 10.3. The highest BCUT2D eigenvalue weighted by Crippen LogP contribution is 2.25. The Hall–Kier alpha value is -1.06. The van der Waals surface area contributed by atoms with Crippen LogP contribution in [0.3, 0.4) is 0 Å². The molecule has 0 radical (unpaired) electrons. The molecule has 21 heavy (non-hydrogen) atoms. The Bertz CT molecular complexity index is 385. The third-order valence-electron chi connectivity index (χ3n) is 4.37. The summed E-state index contributed by atoms with van der Waals surface area (Å²) < 4.78 is 10.7. The topological polar surface area (TPSA) is 30.5 Å². The van der Waals surface area contributed by atoms with Crippen molar-refractivity contribution >= 4 is 0 Å². The van der Waals surface area contributed by atoms with E-state index in [1.54, 1.807) is 7.11 Å². The van der Waals surface area contributed by atoms with Gasteiger partial charge in [0.1, 0.15) is 5.75 Å². The average molecular weight is 291 g/mol. The molecule has 1 aliphatic heterocycles. The third kappa shape index (κ3) is 5.68. The van der Waals surface area contributed by atoms with Crippen LogP contribution in [-0.2, 0) is 11.2 Å². The number of benzene rings is 1. The van der Waals surface area contributed by atoms with E-state index in [-0.39, 0.29) is 0 Å². The first kappa shape index (κ1) is 16.3. The molecule has 1 aliphatic rings. The second kappa shape index (κ2) is 9.06. The number of hydrogen-bond acceptors (Lipinski definition) is 3. The summed E-state index contributed by atoms with van der Waals surface area (Å²) in [6.45, 7) is 6.23. The van der Waals surface area contributed by atoms with Crippen molar-refractivity contribution in [2.24, 2.45) is 11.8 Å². The summed E-state index contributed by atoms with van der Waals surface area (Å²) in [5, 5.41) is 3.52. The van der Waals surface area contributed by atoms with Gasteiger partial charge in [-0.1, -0.05) is 19.1 Å². The third-order valence-corrected chi connectivity index (χ3v) is 4.37. The molecular weight excluding hydrogens is 262 g/mol. The number of nitrogens with one attached hydrogen (secondary N) is 1. The standard InChI is InChI=1S/C18H29NO2/c1-3-19-14-17(13-16-8-10-21-11-9-16)12-15-4-6-18(20-2)7-5-15/h4-7,16-17,19H,3,8-14H2,1-2H3. The summed E-state index contributed by atoms with van der Waals surface area (Å²) in [5.41, 5.74) is 1.41. The van der Waals surface area contributed by atoms with Crippen LogP contribution in [0.1, 0.15) is 31.7 Å². The summed E-state index contributed by atoms with van der Waals surface area (Å²) in [7, 11) is 1.72. The molecule has 0 aromatic heterocycles. The summed E-state index contributed by atoms with van der Waals surface area (Å²) in [5.74, 6) is 2.48. The van der Waals surface area contributed by atoms with E-state index >= 15 is 0 Å². The van der Waals surface area contributed by atoms with Crippen molar-refractivity contribution in [1.29, 1.82) is 0 Å². The van der Waals surface area contributed by atoms with Crippen LogP contribution in [0, 0.1) is 11.8 Å². The predicted molar refractivity (Wildman–Crippen MR) is 86.9 cm³/mol. The molecule has 1 unspecified atom stereocenters. The summed E-state index contributed by atoms with van der Waals surface area (Å²) >= 11 is 0. The molecule has 1 N–H and O–H groups in total. The zero-order valence-electron chi connectivity index (χ0n) is 13.4. The molecule has 0 bridgehead atoms. The second-order valence-electron chi connectivity index (χ2n) is 6.02. The van der Waals surface area contributed by atoms with E-state index in [2.05, 4.69) is 36.5 Å². The molecule has 1 atom stereocenters. The lowest BCUT2D eigenvalue weighted by Crippen LogP contribution is -2.27. The van der Waals surface area contributed by atoms with Crippen molar-refractivity contribution in [1.82, 2.24) is 5.32 Å². The molecule has 118 valence electrons. The van der Waals surface area contributed by atoms with Crippen molar-refractivity contribution in [2.75, 3.05) is 33.4 Å². The Morgan fingerprint density at radius 3 is 2.57 bits per heavy atom. The van der Waals surface area contributed by atoms with Gasteiger partial charge in [0.15, 0.2) is 0 Å². The molecule has 0 aliphatic carbocycles. The van der Waals surface area contributed by atoms with Crippen LogP contribution in [0.5, 0.6) is 5.75 Å². The first-order valence-electron chi connectivity index (χ1n) is 8.23. The van der Waals surface area contributed by atoms with Crippen molar-refractivity contribution in [3.8, 4) is 5.75 Å². The van der Waals surface area contributed by atoms with Crippen LogP contribution in [0.2, 0.25) is 0 Å². The fraction of sp³-hybridized carbons (Fsp3) is 0.667. The van der Waals surface area contributed by atoms with Crippen LogP contribution in [0.15, 0.2) is 24.3 Å². The maximum Gasteiger partial charge on any atom is 0.118 e. The molecule has 0 spiro atoms. The van der Waals surface area contributed by atoms with Crippen molar-refractivity contribution in [2.45, 2.75) is 32.6 Å². The van der Waals surface area contributed by atoms with Gasteiger partial charge in [0.25, 0.3) is 0 Å². The maximum absolute atomic E-state index is 5.48. The normalized spacial score (nSPS) is 17.6. The number of hydrogen-bond donors (Lipinski definition) is 1. The fourth-order valence-corrected chi connectivity index (χ4v) is 3.14. The summed E-state index contributed by atoms with van der Waals surface area (Å²) in [4.78, 5) is 0. The van der Waals surface area contributed by atoms with E-state index in [4.69, 9.17) is 9.47 Å². The fourth-order valence-electron chi connectivity index (χ4n) is 3.14. The molecule has 2 rings (SSSR count). The molecule has 0 amide bonds. The summed E-state index contributed by atoms with van der Waals surface area (Å²) in [6.07, 6.45) is 4.91. The minimum absolute atomic E-state index is 0.710. The lowest BCUT2D eigenvalue weighted by molar-refractivity contribution is 0.0585. The minimum Gasteiger partial charge on any atom is -0.497 e. The number of rotatable bonds is 8. The Balaban J connectivity index is 1.90. The average Bonchev–Trinajstić information content (AvgIpc) is 2.54. The number of methoxy groups -OCH3 is 1. The van der Waals surface area contributed by atoms with Gasteiger partial charge in [0.05, 0.1) is 7.11 Å². The molecule has 1 saturated heterocycles. The van der Waals surface area contributed by atoms with E-state index in [0.29, 0.717) is 5.92 Å². The highest BCUT2D eigenvalue weighted by atomic mass is 16.5. The van der Waals surface area contributed by atoms with Crippen LogP contribution in [-0.4, -0.2) is 33.4 Å². The van der Waals surface area contributed by atoms with Crippen molar-refractivity contribution in [3.63, 3.8) is 0 Å². The zero-order valence-corrected chi connectivity index (χ0v) is 13.4. The molecule has 3 heteroatoms. The van der Waals surface area contributed by atoms with E-state index < -0.39 is 0 Å². The van der Waals surface area contributed by atoms with Crippen LogP contribution in [0.4, 0.5) is 0 Å². The zero-order chi connectivity index (χ0) is 14.9. The van der Waals surface area contributed by atoms with Gasteiger partial charge in [-0.2, -0.15) is 0 Å². The summed E-state index contributed by atoms with van der Waals surface area (Å²) in [6, 6.07) is 8.52. The lowest BCUT2D eigenvalue weighted by atomic mass is 9.85. The molecule has 1 fully saturated rings. The largest absolute Gasteiger partial charge is 0.497 e. The Morgan fingerprint density at radius 1 is 1.24 bits per heavy atom.